The molecule has 0 spiro atoms. The topological polar surface area (TPSA) is 98.2 Å². The van der Waals surface area contributed by atoms with Crippen molar-refractivity contribution in [2.45, 2.75) is 32.9 Å². The van der Waals surface area contributed by atoms with E-state index < -0.39 is 12.0 Å². The Morgan fingerprint density at radius 3 is 2.49 bits per heavy atom. The number of alkyl halides is 3. The van der Waals surface area contributed by atoms with E-state index in [1.807, 2.05) is 24.3 Å². The van der Waals surface area contributed by atoms with Crippen LogP contribution in [0.4, 0.5) is 18.9 Å². The van der Waals surface area contributed by atoms with Crippen LogP contribution in [-0.2, 0) is 17.4 Å². The smallest absolute Gasteiger partial charge is 0.436 e. The van der Waals surface area contributed by atoms with Crippen LogP contribution < -0.4 is 5.32 Å². The van der Waals surface area contributed by atoms with Crippen molar-refractivity contribution in [3.05, 3.63) is 71.3 Å². The summed E-state index contributed by atoms with van der Waals surface area (Å²) in [6, 6.07) is 14.6. The van der Waals surface area contributed by atoms with Crippen LogP contribution in [-0.4, -0.2) is 30.5 Å². The van der Waals surface area contributed by atoms with Crippen molar-refractivity contribution in [1.29, 1.82) is 0 Å². The van der Waals surface area contributed by atoms with Gasteiger partial charge in [0.05, 0.1) is 0 Å². The fraction of sp³-hybridized carbons (Fsp3) is 0.208. The van der Waals surface area contributed by atoms with Crippen molar-refractivity contribution in [2.75, 3.05) is 5.32 Å². The van der Waals surface area contributed by atoms with Gasteiger partial charge in [-0.05, 0) is 62.2 Å². The second kappa shape index (κ2) is 8.49. The number of anilines is 1. The second-order valence-electron chi connectivity index (χ2n) is 8.02. The minimum absolute atomic E-state index is 0.114. The second-order valence-corrected chi connectivity index (χ2v) is 8.02. The molecule has 0 unspecified atom stereocenters. The molecule has 0 aliphatic rings. The van der Waals surface area contributed by atoms with Gasteiger partial charge in [0.25, 0.3) is 11.6 Å². The minimum atomic E-state index is -4.66. The van der Waals surface area contributed by atoms with Gasteiger partial charge in [-0.2, -0.15) is 18.2 Å². The van der Waals surface area contributed by atoms with Crippen LogP contribution in [0.3, 0.4) is 0 Å². The average Bonchev–Trinajstić information content (AvgIpc) is 3.44. The molecule has 0 saturated heterocycles. The summed E-state index contributed by atoms with van der Waals surface area (Å²) in [6.07, 6.45) is -4.26. The van der Waals surface area contributed by atoms with E-state index in [4.69, 9.17) is 4.42 Å². The summed E-state index contributed by atoms with van der Waals surface area (Å²) in [6.45, 7) is 3.31. The number of hydrogen-bond acceptors (Lipinski definition) is 6. The van der Waals surface area contributed by atoms with Crippen molar-refractivity contribution in [1.82, 2.24) is 24.6 Å². The van der Waals surface area contributed by atoms with Gasteiger partial charge >= 0.3 is 6.18 Å². The first-order valence-corrected chi connectivity index (χ1v) is 10.7. The molecule has 0 radical (unpaired) electrons. The fourth-order valence-electron chi connectivity index (χ4n) is 3.84. The van der Waals surface area contributed by atoms with Gasteiger partial charge in [-0.25, -0.2) is 14.5 Å². The summed E-state index contributed by atoms with van der Waals surface area (Å²) in [5, 5.41) is 6.36. The number of para-hydroxylation sites is 2. The quantitative estimate of drug-likeness (QED) is 0.374. The number of halogens is 3. The lowest BCUT2D eigenvalue weighted by molar-refractivity contribution is -0.144. The number of fused-ring (bicyclic) bond motifs is 2. The maximum atomic E-state index is 13.0. The predicted molar refractivity (Wildman–Crippen MR) is 122 cm³/mol. The summed E-state index contributed by atoms with van der Waals surface area (Å²) in [5.41, 5.74) is 4.45. The van der Waals surface area contributed by atoms with Crippen LogP contribution in [0.5, 0.6) is 0 Å². The molecule has 1 amide bonds. The molecule has 11 heteroatoms. The predicted octanol–water partition coefficient (Wildman–Crippen LogP) is 5.14. The summed E-state index contributed by atoms with van der Waals surface area (Å²) >= 11 is 0. The van der Waals surface area contributed by atoms with Crippen LogP contribution in [0, 0.1) is 13.8 Å². The summed E-state index contributed by atoms with van der Waals surface area (Å²) in [5.74, 6) is -1.13. The molecule has 0 aliphatic carbocycles. The zero-order valence-corrected chi connectivity index (χ0v) is 18.7. The van der Waals surface area contributed by atoms with Gasteiger partial charge in [-0.1, -0.05) is 12.1 Å². The maximum Gasteiger partial charge on any atom is 0.453 e. The average molecular weight is 480 g/mol. The lowest BCUT2D eigenvalue weighted by Crippen LogP contribution is -2.14. The van der Waals surface area contributed by atoms with Crippen LogP contribution >= 0.6 is 0 Å². The Hall–Kier alpha value is -4.28. The number of rotatable bonds is 5. The number of aryl methyl sites for hydroxylation is 2. The number of aromatic nitrogens is 5. The Bertz CT molecular complexity index is 1520. The molecule has 3 aromatic heterocycles. The molecule has 0 aliphatic heterocycles. The molecule has 5 aromatic rings. The van der Waals surface area contributed by atoms with E-state index in [-0.39, 0.29) is 24.5 Å². The molecule has 1 N–H and O–H groups in total. The van der Waals surface area contributed by atoms with Gasteiger partial charge in [0.2, 0.25) is 11.8 Å². The summed E-state index contributed by atoms with van der Waals surface area (Å²) in [7, 11) is 0. The molecule has 8 nitrogen and oxygen atoms in total. The standard InChI is InChI=1S/C24H19F3N6O2/c1-13-17(14(2)33-23(28-13)31-22(32-33)24(25,26)27)11-12-20(34)29-16-9-7-15(8-10-16)21-30-18-5-3-4-6-19(18)35-21/h3-10H,11-12H2,1-2H3,(H,29,34). The number of hydrogen-bond donors (Lipinski definition) is 1. The van der Waals surface area contributed by atoms with Crippen molar-refractivity contribution in [3.63, 3.8) is 0 Å². The van der Waals surface area contributed by atoms with Crippen molar-refractivity contribution < 1.29 is 22.4 Å². The lowest BCUT2D eigenvalue weighted by atomic mass is 10.1. The first-order chi connectivity index (χ1) is 16.7. The zero-order valence-electron chi connectivity index (χ0n) is 18.7. The van der Waals surface area contributed by atoms with Crippen LogP contribution in [0.25, 0.3) is 28.3 Å². The van der Waals surface area contributed by atoms with E-state index in [2.05, 4.69) is 25.4 Å². The summed E-state index contributed by atoms with van der Waals surface area (Å²) in [4.78, 5) is 24.6. The fourth-order valence-corrected chi connectivity index (χ4v) is 3.84. The van der Waals surface area contributed by atoms with Gasteiger partial charge < -0.3 is 9.73 Å². The Balaban J connectivity index is 1.26. The van der Waals surface area contributed by atoms with E-state index in [0.29, 0.717) is 34.1 Å². The number of carbonyl (C=O) groups is 1. The van der Waals surface area contributed by atoms with Crippen molar-refractivity contribution in [2.24, 2.45) is 0 Å². The zero-order chi connectivity index (χ0) is 24.7. The highest BCUT2D eigenvalue weighted by molar-refractivity contribution is 5.91. The van der Waals surface area contributed by atoms with Gasteiger partial charge in [0.15, 0.2) is 5.58 Å². The number of oxazole rings is 1. The Kier molecular flexibility index (Phi) is 5.46. The molecule has 35 heavy (non-hydrogen) atoms. The van der Waals surface area contributed by atoms with Gasteiger partial charge in [-0.3, -0.25) is 4.79 Å². The molecular weight excluding hydrogens is 461 g/mol. The van der Waals surface area contributed by atoms with Gasteiger partial charge in [-0.15, -0.1) is 5.10 Å². The largest absolute Gasteiger partial charge is 0.453 e. The van der Waals surface area contributed by atoms with E-state index in [9.17, 15) is 18.0 Å². The Morgan fingerprint density at radius 2 is 1.77 bits per heavy atom. The number of benzene rings is 2. The van der Waals surface area contributed by atoms with E-state index >= 15 is 0 Å². The number of nitrogens with one attached hydrogen (secondary N) is 1. The monoisotopic (exact) mass is 480 g/mol. The van der Waals surface area contributed by atoms with Crippen LogP contribution in [0.1, 0.15) is 29.2 Å². The highest BCUT2D eigenvalue weighted by Crippen LogP contribution is 2.28. The summed E-state index contributed by atoms with van der Waals surface area (Å²) < 4.78 is 45.7. The van der Waals surface area contributed by atoms with E-state index in [1.165, 1.54) is 0 Å². The Morgan fingerprint density at radius 1 is 1.03 bits per heavy atom. The highest BCUT2D eigenvalue weighted by atomic mass is 19.4. The third-order valence-corrected chi connectivity index (χ3v) is 5.61. The number of amides is 1. The first-order valence-electron chi connectivity index (χ1n) is 10.7. The molecule has 0 fully saturated rings. The highest BCUT2D eigenvalue weighted by Gasteiger charge is 2.37. The van der Waals surface area contributed by atoms with Crippen LogP contribution in [0.2, 0.25) is 0 Å². The van der Waals surface area contributed by atoms with Crippen LogP contribution in [0.15, 0.2) is 52.9 Å². The SMILES string of the molecule is Cc1nc2nc(C(F)(F)F)nn2c(C)c1CCC(=O)Nc1ccc(-c2nc3ccccc3o2)cc1. The van der Waals surface area contributed by atoms with E-state index in [1.54, 1.807) is 38.1 Å². The van der Waals surface area contributed by atoms with E-state index in [0.717, 1.165) is 15.6 Å². The third kappa shape index (κ3) is 4.44. The Labute approximate surface area is 196 Å². The van der Waals surface area contributed by atoms with Crippen molar-refractivity contribution >= 4 is 28.5 Å². The first kappa shape index (κ1) is 22.5. The molecule has 3 heterocycles. The lowest BCUT2D eigenvalue weighted by Gasteiger charge is -2.10. The molecule has 0 atom stereocenters. The number of nitrogens with zero attached hydrogens (tertiary/aromatic N) is 5. The van der Waals surface area contributed by atoms with Gasteiger partial charge in [0.1, 0.15) is 5.52 Å². The maximum absolute atomic E-state index is 13.0. The van der Waals surface area contributed by atoms with Crippen molar-refractivity contribution in [3.8, 4) is 11.5 Å². The molecule has 2 aromatic carbocycles. The normalized spacial score (nSPS) is 11.9. The van der Waals surface area contributed by atoms with Gasteiger partial charge in [0, 0.05) is 29.1 Å². The molecule has 0 saturated carbocycles. The third-order valence-electron chi connectivity index (χ3n) is 5.61. The molecule has 178 valence electrons. The minimum Gasteiger partial charge on any atom is -0.436 e. The molecule has 5 rings (SSSR count). The molecular formula is C24H19F3N6O2. The molecule has 0 bridgehead atoms. The number of carbonyl (C=O) groups excluding carboxylic acids is 1.